The van der Waals surface area contributed by atoms with Crippen molar-refractivity contribution in [2.45, 2.75) is 101 Å². The van der Waals surface area contributed by atoms with E-state index in [4.69, 9.17) is 4.74 Å². The van der Waals surface area contributed by atoms with E-state index in [1.54, 1.807) is 30.5 Å². The van der Waals surface area contributed by atoms with Crippen LogP contribution in [0.2, 0.25) is 0 Å². The molecule has 2 aliphatic carbocycles. The molecule has 3 aliphatic rings. The number of benzene rings is 1. The van der Waals surface area contributed by atoms with Crippen LogP contribution in [-0.4, -0.2) is 113 Å². The van der Waals surface area contributed by atoms with Crippen molar-refractivity contribution in [2.75, 3.05) is 32.1 Å². The third-order valence-corrected chi connectivity index (χ3v) is 12.6. The van der Waals surface area contributed by atoms with Gasteiger partial charge in [-0.2, -0.15) is 0 Å². The van der Waals surface area contributed by atoms with E-state index in [1.165, 1.54) is 18.2 Å². The molecule has 2 heterocycles. The Morgan fingerprint density at radius 3 is 2.32 bits per heavy atom. The summed E-state index contributed by atoms with van der Waals surface area (Å²) in [4.78, 5) is 50.0. The minimum atomic E-state index is -4.11. The highest BCUT2D eigenvalue weighted by Gasteiger charge is 2.41. The van der Waals surface area contributed by atoms with Crippen LogP contribution in [0.3, 0.4) is 0 Å². The Labute approximate surface area is 294 Å². The molecule has 13 nitrogen and oxygen atoms in total. The second-order valence-electron chi connectivity index (χ2n) is 14.3. The number of hydrogen-bond acceptors (Lipinski definition) is 9. The van der Waals surface area contributed by atoms with Gasteiger partial charge in [0.15, 0.2) is 9.84 Å². The lowest BCUT2D eigenvalue weighted by molar-refractivity contribution is -0.134. The first kappa shape index (κ1) is 37.9. The molecule has 5 N–H and O–H groups in total. The molecule has 1 aliphatic heterocycles. The van der Waals surface area contributed by atoms with Gasteiger partial charge in [0.2, 0.25) is 17.7 Å². The van der Waals surface area contributed by atoms with Crippen molar-refractivity contribution in [1.29, 1.82) is 0 Å². The molecule has 3 fully saturated rings. The molecule has 6 atom stereocenters. The molecule has 0 bridgehead atoms. The highest BCUT2D eigenvalue weighted by Crippen LogP contribution is 2.36. The summed E-state index contributed by atoms with van der Waals surface area (Å²) < 4.78 is 32.8. The van der Waals surface area contributed by atoms with Crippen LogP contribution < -0.4 is 10.6 Å². The topological polar surface area (TPSA) is 191 Å². The Morgan fingerprint density at radius 2 is 1.68 bits per heavy atom. The highest BCUT2D eigenvalue weighted by molar-refractivity contribution is 7.92. The SMILES string of the molecule is CC(C(=O)N1CCOCC1)S(=O)(=O)C[C@@H](Cc1ccccc1)C(=O)N[C@@H](Cc1c[nH]cn1)C(=O)N[C@@H](CC1CCCCC1)[C@@H](O)[C@@H](O)C1CC1. The third kappa shape index (κ3) is 10.6. The Hall–Kier alpha value is -3.33. The van der Waals surface area contributed by atoms with Crippen molar-refractivity contribution in [2.24, 2.45) is 17.8 Å². The van der Waals surface area contributed by atoms with Crippen LogP contribution in [0.15, 0.2) is 42.9 Å². The molecular formula is C36H53N5O8S. The minimum absolute atomic E-state index is 0.00599. The van der Waals surface area contributed by atoms with Crippen LogP contribution in [0.5, 0.6) is 0 Å². The van der Waals surface area contributed by atoms with Gasteiger partial charge in [-0.1, -0.05) is 62.4 Å². The van der Waals surface area contributed by atoms with Crippen LogP contribution in [0.4, 0.5) is 0 Å². The van der Waals surface area contributed by atoms with E-state index in [0.717, 1.165) is 50.5 Å². The Kier molecular flexibility index (Phi) is 13.5. The lowest BCUT2D eigenvalue weighted by Gasteiger charge is -2.33. The van der Waals surface area contributed by atoms with Crippen LogP contribution >= 0.6 is 0 Å². The van der Waals surface area contributed by atoms with Gasteiger partial charge in [-0.15, -0.1) is 0 Å². The third-order valence-electron chi connectivity index (χ3n) is 10.4. The van der Waals surface area contributed by atoms with Crippen molar-refractivity contribution in [1.82, 2.24) is 25.5 Å². The summed E-state index contributed by atoms with van der Waals surface area (Å²) in [5, 5.41) is 26.6. The minimum Gasteiger partial charge on any atom is -0.390 e. The number of aromatic nitrogens is 2. The summed E-state index contributed by atoms with van der Waals surface area (Å²) in [6.07, 6.45) is 8.43. The van der Waals surface area contributed by atoms with Crippen LogP contribution in [-0.2, 0) is 41.8 Å². The number of carbonyl (C=O) groups excluding carboxylic acids is 3. The van der Waals surface area contributed by atoms with E-state index < -0.39 is 68.8 Å². The molecule has 276 valence electrons. The van der Waals surface area contributed by atoms with E-state index in [9.17, 15) is 33.0 Å². The Balaban J connectivity index is 1.35. The fourth-order valence-corrected chi connectivity index (χ4v) is 8.73. The Morgan fingerprint density at radius 1 is 0.980 bits per heavy atom. The second kappa shape index (κ2) is 17.7. The molecule has 2 aromatic rings. The van der Waals surface area contributed by atoms with Crippen molar-refractivity contribution in [3.05, 3.63) is 54.1 Å². The number of carbonyl (C=O) groups is 3. The van der Waals surface area contributed by atoms with Gasteiger partial charge < -0.3 is 35.5 Å². The summed E-state index contributed by atoms with van der Waals surface area (Å²) in [6, 6.07) is 7.12. The van der Waals surface area contributed by atoms with Gasteiger partial charge in [-0.05, 0) is 50.0 Å². The molecule has 1 unspecified atom stereocenters. The monoisotopic (exact) mass is 715 g/mol. The zero-order chi connectivity index (χ0) is 35.7. The van der Waals surface area contributed by atoms with Crippen molar-refractivity contribution >= 4 is 27.6 Å². The van der Waals surface area contributed by atoms with Gasteiger partial charge in [0.05, 0.1) is 49.1 Å². The first-order valence-electron chi connectivity index (χ1n) is 18.1. The number of nitrogens with zero attached hydrogens (tertiary/aromatic N) is 2. The molecule has 1 aromatic heterocycles. The van der Waals surface area contributed by atoms with Crippen molar-refractivity contribution < 1.29 is 37.8 Å². The normalized spacial score (nSPS) is 21.0. The fourth-order valence-electron chi connectivity index (χ4n) is 7.16. The zero-order valence-corrected chi connectivity index (χ0v) is 29.7. The largest absolute Gasteiger partial charge is 0.390 e. The molecule has 2 saturated carbocycles. The fraction of sp³-hybridized carbons (Fsp3) is 0.667. The average Bonchev–Trinajstić information content (AvgIpc) is 3.85. The predicted molar refractivity (Wildman–Crippen MR) is 186 cm³/mol. The van der Waals surface area contributed by atoms with E-state index in [0.29, 0.717) is 38.4 Å². The van der Waals surface area contributed by atoms with E-state index >= 15 is 0 Å². The van der Waals surface area contributed by atoms with Crippen LogP contribution in [0.1, 0.15) is 69.5 Å². The van der Waals surface area contributed by atoms with Gasteiger partial charge in [-0.3, -0.25) is 14.4 Å². The lowest BCUT2D eigenvalue weighted by atomic mass is 9.82. The summed E-state index contributed by atoms with van der Waals surface area (Å²) in [7, 11) is -4.11. The van der Waals surface area contributed by atoms with Gasteiger partial charge >= 0.3 is 0 Å². The molecule has 1 saturated heterocycles. The molecular weight excluding hydrogens is 662 g/mol. The summed E-state index contributed by atoms with van der Waals surface area (Å²) >= 11 is 0. The van der Waals surface area contributed by atoms with Crippen LogP contribution in [0, 0.1) is 17.8 Å². The van der Waals surface area contributed by atoms with Crippen molar-refractivity contribution in [3.8, 4) is 0 Å². The van der Waals surface area contributed by atoms with E-state index in [-0.39, 0.29) is 24.7 Å². The maximum atomic E-state index is 14.1. The molecule has 3 amide bonds. The first-order chi connectivity index (χ1) is 24.0. The number of aliphatic hydroxyl groups is 2. The standard InChI is InChI=1S/C36H53N5O8S/c1-24(36(46)41-14-16-49-17-15-41)50(47,48)22-28(18-25-8-4-2-5-9-25)34(44)40-31(20-29-21-37-23-38-29)35(45)39-30(19-26-10-6-3-7-11-26)33(43)32(42)27-12-13-27/h2,4-5,8-9,21,23-24,26-28,30-33,42-43H,3,6-7,10-20,22H2,1H3,(H,37,38)(H,39,45)(H,40,44)/t24?,28-,30+,31+,32+,33-/m1/s1. The summed E-state index contributed by atoms with van der Waals surface area (Å²) in [5.41, 5.74) is 1.23. The second-order valence-corrected chi connectivity index (χ2v) is 16.7. The smallest absolute Gasteiger partial charge is 0.243 e. The van der Waals surface area contributed by atoms with Gasteiger partial charge in [0.1, 0.15) is 17.4 Å². The molecule has 1 aromatic carbocycles. The number of nitrogens with one attached hydrogen (secondary N) is 3. The molecule has 0 spiro atoms. The van der Waals surface area contributed by atoms with Crippen LogP contribution in [0.25, 0.3) is 0 Å². The first-order valence-corrected chi connectivity index (χ1v) is 19.8. The average molecular weight is 716 g/mol. The molecule has 5 rings (SSSR count). The number of aromatic amines is 1. The number of hydrogen-bond donors (Lipinski definition) is 5. The van der Waals surface area contributed by atoms with Crippen molar-refractivity contribution in [3.63, 3.8) is 0 Å². The maximum absolute atomic E-state index is 14.1. The number of sulfone groups is 1. The van der Waals surface area contributed by atoms with E-state index in [1.807, 2.05) is 6.07 Å². The van der Waals surface area contributed by atoms with E-state index in [2.05, 4.69) is 20.6 Å². The number of rotatable bonds is 17. The quantitative estimate of drug-likeness (QED) is 0.162. The number of ether oxygens (including phenoxy) is 1. The highest BCUT2D eigenvalue weighted by atomic mass is 32.2. The number of H-pyrrole nitrogens is 1. The number of imidazole rings is 1. The van der Waals surface area contributed by atoms with Gasteiger partial charge in [-0.25, -0.2) is 13.4 Å². The summed E-state index contributed by atoms with van der Waals surface area (Å²) in [6.45, 7) is 2.60. The molecule has 14 heteroatoms. The molecule has 0 radical (unpaired) electrons. The number of amides is 3. The lowest BCUT2D eigenvalue weighted by Crippen LogP contribution is -2.57. The van der Waals surface area contributed by atoms with Gasteiger partial charge in [0, 0.05) is 25.7 Å². The number of morpholine rings is 1. The zero-order valence-electron chi connectivity index (χ0n) is 28.9. The Bertz CT molecular complexity index is 1490. The van der Waals surface area contributed by atoms with Gasteiger partial charge in [0.25, 0.3) is 0 Å². The maximum Gasteiger partial charge on any atom is 0.243 e. The molecule has 50 heavy (non-hydrogen) atoms. The predicted octanol–water partition coefficient (Wildman–Crippen LogP) is 1.55. The number of aliphatic hydroxyl groups excluding tert-OH is 2. The summed E-state index contributed by atoms with van der Waals surface area (Å²) in [5.74, 6) is -3.16.